The molecule has 1 aliphatic rings. The Hall–Kier alpha value is -3.09. The molecular formula is C27H29ClN4O2. The van der Waals surface area contributed by atoms with E-state index in [4.69, 9.17) is 16.0 Å². The standard InChI is InChI=1S/C27H29ClN4O2/c1-17(2)31-11-7-10-23(31)27(33)29-25-12-18(3)32(30-25)16-21-14-22(28)13-20-15-24(34-26(20)21)19-8-5-4-6-9-19/h4-6,8-9,12-15,17,23H,7,10-11,16H2,1-3H3,(H,29,30,33)/t23-/m0/s1. The fourth-order valence-corrected chi connectivity index (χ4v) is 5.09. The summed E-state index contributed by atoms with van der Waals surface area (Å²) in [5.41, 5.74) is 3.70. The molecule has 1 N–H and O–H groups in total. The maximum absolute atomic E-state index is 12.9. The van der Waals surface area contributed by atoms with Crippen LogP contribution in [0.15, 0.2) is 59.0 Å². The van der Waals surface area contributed by atoms with E-state index in [0.717, 1.165) is 52.9 Å². The molecule has 6 nitrogen and oxygen atoms in total. The monoisotopic (exact) mass is 476 g/mol. The van der Waals surface area contributed by atoms with Crippen LogP contribution in [-0.4, -0.2) is 39.2 Å². The Balaban J connectivity index is 1.39. The van der Waals surface area contributed by atoms with Crippen molar-refractivity contribution < 1.29 is 9.21 Å². The van der Waals surface area contributed by atoms with Gasteiger partial charge in [0, 0.05) is 39.3 Å². The van der Waals surface area contributed by atoms with Crippen molar-refractivity contribution in [3.8, 4) is 11.3 Å². The molecular weight excluding hydrogens is 448 g/mol. The summed E-state index contributed by atoms with van der Waals surface area (Å²) < 4.78 is 8.13. The maximum atomic E-state index is 12.9. The Morgan fingerprint density at radius 2 is 2.00 bits per heavy atom. The first-order valence-electron chi connectivity index (χ1n) is 11.8. The summed E-state index contributed by atoms with van der Waals surface area (Å²) in [6.07, 6.45) is 1.93. The van der Waals surface area contributed by atoms with Crippen LogP contribution in [0.25, 0.3) is 22.3 Å². The Morgan fingerprint density at radius 3 is 2.76 bits per heavy atom. The van der Waals surface area contributed by atoms with Crippen molar-refractivity contribution in [2.24, 2.45) is 0 Å². The summed E-state index contributed by atoms with van der Waals surface area (Å²) in [7, 11) is 0. The molecule has 34 heavy (non-hydrogen) atoms. The third kappa shape index (κ3) is 4.48. The van der Waals surface area contributed by atoms with Gasteiger partial charge in [0.05, 0.1) is 12.6 Å². The molecule has 5 rings (SSSR count). The van der Waals surface area contributed by atoms with Crippen molar-refractivity contribution in [2.75, 3.05) is 11.9 Å². The van der Waals surface area contributed by atoms with E-state index >= 15 is 0 Å². The summed E-state index contributed by atoms with van der Waals surface area (Å²) in [6, 6.07) is 18.0. The number of carbonyl (C=O) groups is 1. The summed E-state index contributed by atoms with van der Waals surface area (Å²) in [5.74, 6) is 1.39. The molecule has 2 aromatic heterocycles. The third-order valence-corrected chi connectivity index (χ3v) is 6.75. The molecule has 1 atom stereocenters. The SMILES string of the molecule is Cc1cc(NC(=O)[C@@H]2CCCN2C(C)C)nn1Cc1cc(Cl)cc2cc(-c3ccccc3)oc12. The zero-order chi connectivity index (χ0) is 23.8. The van der Waals surface area contributed by atoms with Crippen LogP contribution in [0, 0.1) is 6.92 Å². The quantitative estimate of drug-likeness (QED) is 0.364. The average Bonchev–Trinajstić information content (AvgIpc) is 3.53. The van der Waals surface area contributed by atoms with Gasteiger partial charge < -0.3 is 9.73 Å². The van der Waals surface area contributed by atoms with Gasteiger partial charge in [-0.05, 0) is 58.4 Å². The molecule has 3 heterocycles. The highest BCUT2D eigenvalue weighted by atomic mass is 35.5. The van der Waals surface area contributed by atoms with E-state index < -0.39 is 0 Å². The lowest BCUT2D eigenvalue weighted by atomic mass is 10.1. The Labute approximate surface area is 204 Å². The number of benzene rings is 2. The summed E-state index contributed by atoms with van der Waals surface area (Å²) in [5, 5.41) is 9.30. The van der Waals surface area contributed by atoms with Gasteiger partial charge in [-0.3, -0.25) is 14.4 Å². The largest absolute Gasteiger partial charge is 0.456 e. The number of nitrogens with one attached hydrogen (secondary N) is 1. The molecule has 0 saturated carbocycles. The van der Waals surface area contributed by atoms with Crippen LogP contribution >= 0.6 is 11.6 Å². The number of anilines is 1. The van der Waals surface area contributed by atoms with Gasteiger partial charge in [0.2, 0.25) is 5.91 Å². The zero-order valence-corrected chi connectivity index (χ0v) is 20.5. The van der Waals surface area contributed by atoms with E-state index in [2.05, 4.69) is 29.2 Å². The van der Waals surface area contributed by atoms with Gasteiger partial charge in [-0.1, -0.05) is 41.9 Å². The van der Waals surface area contributed by atoms with Crippen LogP contribution in [0.5, 0.6) is 0 Å². The van der Waals surface area contributed by atoms with Crippen LogP contribution < -0.4 is 5.32 Å². The van der Waals surface area contributed by atoms with E-state index in [1.165, 1.54) is 0 Å². The van der Waals surface area contributed by atoms with Gasteiger partial charge in [0.25, 0.3) is 0 Å². The lowest BCUT2D eigenvalue weighted by molar-refractivity contribution is -0.120. The number of furan rings is 1. The lowest BCUT2D eigenvalue weighted by Gasteiger charge is -2.26. The molecule has 2 aromatic carbocycles. The minimum absolute atomic E-state index is 0.0135. The molecule has 0 radical (unpaired) electrons. The highest BCUT2D eigenvalue weighted by Crippen LogP contribution is 2.33. The first kappa shape index (κ1) is 22.7. The maximum Gasteiger partial charge on any atom is 0.242 e. The number of carbonyl (C=O) groups excluding carboxylic acids is 1. The number of aryl methyl sites for hydroxylation is 1. The smallest absolute Gasteiger partial charge is 0.242 e. The number of hydrogen-bond donors (Lipinski definition) is 1. The van der Waals surface area contributed by atoms with Crippen molar-refractivity contribution in [3.05, 3.63) is 70.9 Å². The normalized spacial score (nSPS) is 16.6. The van der Waals surface area contributed by atoms with Gasteiger partial charge in [-0.15, -0.1) is 0 Å². The number of aromatic nitrogens is 2. The number of fused-ring (bicyclic) bond motifs is 1. The zero-order valence-electron chi connectivity index (χ0n) is 19.7. The molecule has 0 aliphatic carbocycles. The third-order valence-electron chi connectivity index (χ3n) is 6.53. The molecule has 7 heteroatoms. The number of nitrogens with zero attached hydrogens (tertiary/aromatic N) is 3. The van der Waals surface area contributed by atoms with E-state index in [1.54, 1.807) is 0 Å². The molecule has 0 unspecified atom stereocenters. The fourth-order valence-electron chi connectivity index (χ4n) is 4.84. The molecule has 1 amide bonds. The molecule has 4 aromatic rings. The van der Waals surface area contributed by atoms with Gasteiger partial charge in [-0.25, -0.2) is 0 Å². The number of amides is 1. The summed E-state index contributed by atoms with van der Waals surface area (Å²) in [4.78, 5) is 15.2. The first-order valence-corrected chi connectivity index (χ1v) is 12.2. The minimum atomic E-state index is -0.0995. The summed E-state index contributed by atoms with van der Waals surface area (Å²) in [6.45, 7) is 7.70. The Kier molecular flexibility index (Phi) is 6.19. The van der Waals surface area contributed by atoms with Crippen LogP contribution in [0.3, 0.4) is 0 Å². The van der Waals surface area contributed by atoms with E-state index in [9.17, 15) is 4.79 Å². The van der Waals surface area contributed by atoms with E-state index in [1.807, 2.05) is 66.2 Å². The van der Waals surface area contributed by atoms with Crippen molar-refractivity contribution in [1.82, 2.24) is 14.7 Å². The molecule has 176 valence electrons. The number of halogens is 1. The van der Waals surface area contributed by atoms with Gasteiger partial charge in [0.1, 0.15) is 11.3 Å². The molecule has 0 spiro atoms. The highest BCUT2D eigenvalue weighted by Gasteiger charge is 2.32. The van der Waals surface area contributed by atoms with Crippen molar-refractivity contribution in [2.45, 2.75) is 52.2 Å². The molecule has 0 bridgehead atoms. The second kappa shape index (κ2) is 9.28. The molecule has 1 saturated heterocycles. The predicted molar refractivity (Wildman–Crippen MR) is 136 cm³/mol. The second-order valence-corrected chi connectivity index (χ2v) is 9.70. The first-order chi connectivity index (χ1) is 16.4. The van der Waals surface area contributed by atoms with Gasteiger partial charge in [-0.2, -0.15) is 5.10 Å². The van der Waals surface area contributed by atoms with Gasteiger partial charge in [0.15, 0.2) is 5.82 Å². The topological polar surface area (TPSA) is 63.3 Å². The van der Waals surface area contributed by atoms with Crippen LogP contribution in [-0.2, 0) is 11.3 Å². The van der Waals surface area contributed by atoms with Crippen molar-refractivity contribution in [1.29, 1.82) is 0 Å². The number of likely N-dealkylation sites (tertiary alicyclic amines) is 1. The predicted octanol–water partition coefficient (Wildman–Crippen LogP) is 6.12. The second-order valence-electron chi connectivity index (χ2n) is 9.27. The number of rotatable bonds is 6. The molecule has 1 fully saturated rings. The van der Waals surface area contributed by atoms with Crippen LogP contribution in [0.1, 0.15) is 37.9 Å². The minimum Gasteiger partial charge on any atom is -0.456 e. The Bertz CT molecular complexity index is 1330. The van der Waals surface area contributed by atoms with Crippen molar-refractivity contribution in [3.63, 3.8) is 0 Å². The average molecular weight is 477 g/mol. The molecule has 1 aliphatic heterocycles. The van der Waals surface area contributed by atoms with Crippen LogP contribution in [0.2, 0.25) is 5.02 Å². The Morgan fingerprint density at radius 1 is 1.21 bits per heavy atom. The highest BCUT2D eigenvalue weighted by molar-refractivity contribution is 6.31. The summed E-state index contributed by atoms with van der Waals surface area (Å²) >= 11 is 6.44. The fraction of sp³-hybridized carbons (Fsp3) is 0.333. The number of hydrogen-bond acceptors (Lipinski definition) is 4. The lowest BCUT2D eigenvalue weighted by Crippen LogP contribution is -2.43. The van der Waals surface area contributed by atoms with Crippen molar-refractivity contribution >= 4 is 34.3 Å². The van der Waals surface area contributed by atoms with E-state index in [0.29, 0.717) is 23.4 Å². The van der Waals surface area contributed by atoms with E-state index in [-0.39, 0.29) is 11.9 Å². The van der Waals surface area contributed by atoms with Crippen LogP contribution in [0.4, 0.5) is 5.82 Å². The van der Waals surface area contributed by atoms with Gasteiger partial charge >= 0.3 is 0 Å².